The monoisotopic (exact) mass is 433 g/mol. The summed E-state index contributed by atoms with van der Waals surface area (Å²) >= 11 is 0. The SMILES string of the molecule is CC(=O)/C=C(/C)O.[Eu].c1cnc2c(c1)ccc1cccnc12. The van der Waals surface area contributed by atoms with Crippen molar-refractivity contribution in [3.63, 3.8) is 0 Å². The van der Waals surface area contributed by atoms with E-state index in [1.807, 2.05) is 12.1 Å². The van der Waals surface area contributed by atoms with Crippen LogP contribution in [0.4, 0.5) is 0 Å². The van der Waals surface area contributed by atoms with Crippen molar-refractivity contribution in [3.8, 4) is 0 Å². The number of allylic oxidation sites excluding steroid dienone is 2. The fourth-order valence-corrected chi connectivity index (χ4v) is 1.97. The van der Waals surface area contributed by atoms with Gasteiger partial charge in [0.05, 0.1) is 16.8 Å². The summed E-state index contributed by atoms with van der Waals surface area (Å²) in [4.78, 5) is 18.7. The molecule has 0 aliphatic rings. The molecule has 3 aromatic rings. The van der Waals surface area contributed by atoms with Gasteiger partial charge in [-0.25, -0.2) is 0 Å². The van der Waals surface area contributed by atoms with E-state index in [1.54, 1.807) is 12.4 Å². The molecule has 0 spiro atoms. The van der Waals surface area contributed by atoms with Gasteiger partial charge in [0.1, 0.15) is 0 Å². The summed E-state index contributed by atoms with van der Waals surface area (Å²) < 4.78 is 0. The minimum atomic E-state index is -0.125. The number of hydrogen-bond acceptors (Lipinski definition) is 4. The molecule has 1 N–H and O–H groups in total. The van der Waals surface area contributed by atoms with E-state index >= 15 is 0 Å². The zero-order valence-corrected chi connectivity index (χ0v) is 14.7. The van der Waals surface area contributed by atoms with Gasteiger partial charge in [0.2, 0.25) is 0 Å². The van der Waals surface area contributed by atoms with Crippen LogP contribution >= 0.6 is 0 Å². The number of carbonyl (C=O) groups excluding carboxylic acids is 1. The Hall–Kier alpha value is -1.17. The van der Waals surface area contributed by atoms with Crippen LogP contribution in [-0.4, -0.2) is 20.9 Å². The van der Waals surface area contributed by atoms with E-state index in [2.05, 4.69) is 34.2 Å². The Balaban J connectivity index is 0.000000264. The van der Waals surface area contributed by atoms with E-state index in [0.717, 1.165) is 21.8 Å². The molecule has 1 radical (unpaired) electrons. The van der Waals surface area contributed by atoms with Crippen LogP contribution in [0.1, 0.15) is 13.8 Å². The normalized spacial score (nSPS) is 10.5. The van der Waals surface area contributed by atoms with Crippen LogP contribution in [0.2, 0.25) is 0 Å². The number of carbonyl (C=O) groups is 1. The van der Waals surface area contributed by atoms with E-state index in [-0.39, 0.29) is 60.9 Å². The Bertz CT molecular complexity index is 757. The number of aromatic nitrogens is 2. The maximum atomic E-state index is 10.0. The number of fused-ring (bicyclic) bond motifs is 3. The van der Waals surface area contributed by atoms with Crippen molar-refractivity contribution in [1.29, 1.82) is 0 Å². The minimum absolute atomic E-state index is 0. The van der Waals surface area contributed by atoms with Crippen molar-refractivity contribution in [2.75, 3.05) is 0 Å². The summed E-state index contributed by atoms with van der Waals surface area (Å²) in [5, 5.41) is 10.6. The van der Waals surface area contributed by atoms with E-state index in [9.17, 15) is 4.79 Å². The van der Waals surface area contributed by atoms with Crippen molar-refractivity contribution in [3.05, 3.63) is 60.6 Å². The average molecular weight is 432 g/mol. The molecule has 3 rings (SSSR count). The van der Waals surface area contributed by atoms with Crippen molar-refractivity contribution < 1.29 is 59.3 Å². The van der Waals surface area contributed by atoms with Crippen LogP contribution in [0.25, 0.3) is 21.8 Å². The van der Waals surface area contributed by atoms with Crippen LogP contribution in [0, 0.1) is 49.4 Å². The summed E-state index contributed by atoms with van der Waals surface area (Å²) in [6.45, 7) is 2.85. The summed E-state index contributed by atoms with van der Waals surface area (Å²) in [7, 11) is 0. The summed E-state index contributed by atoms with van der Waals surface area (Å²) in [5.41, 5.74) is 1.95. The predicted molar refractivity (Wildman–Crippen MR) is 84.1 cm³/mol. The van der Waals surface area contributed by atoms with Gasteiger partial charge in [-0.15, -0.1) is 0 Å². The smallest absolute Gasteiger partial charge is 0.155 e. The third-order valence-corrected chi connectivity index (χ3v) is 2.76. The molecule has 4 nitrogen and oxygen atoms in total. The predicted octanol–water partition coefficient (Wildman–Crippen LogP) is 3.82. The van der Waals surface area contributed by atoms with Crippen LogP contribution in [0.15, 0.2) is 60.6 Å². The number of benzene rings is 1. The fraction of sp³-hybridized carbons (Fsp3) is 0.118. The van der Waals surface area contributed by atoms with Gasteiger partial charge in [-0.05, 0) is 26.0 Å². The first-order chi connectivity index (χ1) is 10.1. The van der Waals surface area contributed by atoms with Gasteiger partial charge in [-0.3, -0.25) is 14.8 Å². The second kappa shape index (κ2) is 9.08. The second-order valence-electron chi connectivity index (χ2n) is 4.61. The molecule has 2 heterocycles. The van der Waals surface area contributed by atoms with Crippen LogP contribution in [0.3, 0.4) is 0 Å². The Labute approximate surface area is 169 Å². The van der Waals surface area contributed by atoms with Gasteiger partial charge in [0.15, 0.2) is 5.78 Å². The molecule has 0 aliphatic heterocycles. The summed E-state index contributed by atoms with van der Waals surface area (Å²) in [6.07, 6.45) is 4.77. The third kappa shape index (κ3) is 5.23. The zero-order chi connectivity index (χ0) is 15.2. The van der Waals surface area contributed by atoms with Crippen molar-refractivity contribution in [2.24, 2.45) is 0 Å². The van der Waals surface area contributed by atoms with Gasteiger partial charge < -0.3 is 5.11 Å². The zero-order valence-electron chi connectivity index (χ0n) is 12.3. The minimum Gasteiger partial charge on any atom is -0.512 e. The first kappa shape index (κ1) is 18.9. The molecule has 0 bridgehead atoms. The van der Waals surface area contributed by atoms with Crippen molar-refractivity contribution in [1.82, 2.24) is 9.97 Å². The number of aliphatic hydroxyl groups is 1. The maximum absolute atomic E-state index is 10.0. The Morgan fingerprint density at radius 3 is 1.73 bits per heavy atom. The molecule has 113 valence electrons. The summed E-state index contributed by atoms with van der Waals surface area (Å²) in [6, 6.07) is 12.1. The molecular formula is C17H16EuN2O2. The van der Waals surface area contributed by atoms with Gasteiger partial charge in [-0.1, -0.05) is 24.3 Å². The molecule has 0 saturated heterocycles. The Morgan fingerprint density at radius 1 is 0.955 bits per heavy atom. The quantitative estimate of drug-likeness (QED) is 0.361. The number of nitrogens with zero attached hydrogens (tertiary/aromatic N) is 2. The van der Waals surface area contributed by atoms with Crippen molar-refractivity contribution in [2.45, 2.75) is 13.8 Å². The molecule has 0 unspecified atom stereocenters. The first-order valence-electron chi connectivity index (χ1n) is 6.54. The molecule has 22 heavy (non-hydrogen) atoms. The van der Waals surface area contributed by atoms with Crippen molar-refractivity contribution >= 4 is 27.6 Å². The Kier molecular flexibility index (Phi) is 7.79. The van der Waals surface area contributed by atoms with E-state index in [1.165, 1.54) is 19.9 Å². The van der Waals surface area contributed by atoms with Crippen LogP contribution in [-0.2, 0) is 4.79 Å². The van der Waals surface area contributed by atoms with Gasteiger partial charge in [-0.2, -0.15) is 0 Å². The average Bonchev–Trinajstić information content (AvgIpc) is 2.46. The molecule has 0 amide bonds. The van der Waals surface area contributed by atoms with Crippen LogP contribution in [0.5, 0.6) is 0 Å². The molecule has 0 aliphatic carbocycles. The summed E-state index contributed by atoms with van der Waals surface area (Å²) in [5.74, 6) is -0.0625. The maximum Gasteiger partial charge on any atom is 0.155 e. The Morgan fingerprint density at radius 2 is 1.41 bits per heavy atom. The first-order valence-corrected chi connectivity index (χ1v) is 6.54. The van der Waals surface area contributed by atoms with Gasteiger partial charge in [0, 0.05) is 78.6 Å². The number of pyridine rings is 2. The van der Waals surface area contributed by atoms with E-state index < -0.39 is 0 Å². The molecular weight excluding hydrogens is 416 g/mol. The number of rotatable bonds is 1. The molecule has 0 fully saturated rings. The van der Waals surface area contributed by atoms with Gasteiger partial charge in [0.25, 0.3) is 0 Å². The molecule has 5 heteroatoms. The second-order valence-corrected chi connectivity index (χ2v) is 4.61. The number of aliphatic hydroxyl groups excluding tert-OH is 1. The van der Waals surface area contributed by atoms with E-state index in [0.29, 0.717) is 0 Å². The number of ketones is 1. The molecule has 0 saturated carbocycles. The van der Waals surface area contributed by atoms with Crippen LogP contribution < -0.4 is 0 Å². The fourth-order valence-electron chi connectivity index (χ4n) is 1.97. The van der Waals surface area contributed by atoms with E-state index in [4.69, 9.17) is 5.11 Å². The standard InChI is InChI=1S/C12H8N2.C5H8O2.Eu/c1-3-9-5-6-10-4-2-8-14-12(10)11(9)13-7-1;1-4(6)3-5(2)7;/h1-8H;3,6H,1-2H3;/b;4-3-;. The molecule has 1 aromatic carbocycles. The third-order valence-electron chi connectivity index (χ3n) is 2.76. The number of hydrogen-bond donors (Lipinski definition) is 1. The van der Waals surface area contributed by atoms with Gasteiger partial charge >= 0.3 is 0 Å². The largest absolute Gasteiger partial charge is 0.512 e. The molecule has 0 atom stereocenters. The topological polar surface area (TPSA) is 63.1 Å². The molecule has 2 aromatic heterocycles.